The Morgan fingerprint density at radius 2 is 2.00 bits per heavy atom. The van der Waals surface area contributed by atoms with Gasteiger partial charge in [-0.05, 0) is 52.6 Å². The van der Waals surface area contributed by atoms with E-state index in [1.54, 1.807) is 0 Å². The summed E-state index contributed by atoms with van der Waals surface area (Å²) in [6.07, 6.45) is 1.78. The summed E-state index contributed by atoms with van der Waals surface area (Å²) in [5.41, 5.74) is -0.557. The molecule has 2 aliphatic heterocycles. The van der Waals surface area contributed by atoms with Gasteiger partial charge in [0, 0.05) is 12.5 Å². The van der Waals surface area contributed by atoms with Crippen LogP contribution in [0.2, 0.25) is 0 Å². The van der Waals surface area contributed by atoms with Crippen molar-refractivity contribution in [1.82, 2.24) is 10.2 Å². The number of likely N-dealkylation sites (tertiary alicyclic amines) is 1. The van der Waals surface area contributed by atoms with E-state index >= 15 is 0 Å². The summed E-state index contributed by atoms with van der Waals surface area (Å²) in [7, 11) is 0. The average molecular weight is 254 g/mol. The Hall–Kier alpha value is -1.10. The predicted octanol–water partition coefficient (Wildman–Crippen LogP) is 1.52. The number of carbonyl (C=O) groups excluding carboxylic acids is 2. The fraction of sp³-hybridized carbons (Fsp3) is 0.846. The molecule has 2 aliphatic rings. The van der Waals surface area contributed by atoms with Gasteiger partial charge in [0.1, 0.15) is 5.60 Å². The molecule has 0 aromatic rings. The summed E-state index contributed by atoms with van der Waals surface area (Å²) in [4.78, 5) is 25.4. The quantitative estimate of drug-likeness (QED) is 0.712. The van der Waals surface area contributed by atoms with Gasteiger partial charge in [-0.15, -0.1) is 0 Å². The van der Waals surface area contributed by atoms with Gasteiger partial charge in [-0.3, -0.25) is 4.79 Å². The summed E-state index contributed by atoms with van der Waals surface area (Å²) in [5, 5.41) is 3.31. The van der Waals surface area contributed by atoms with Crippen molar-refractivity contribution in [1.29, 1.82) is 0 Å². The molecule has 0 radical (unpaired) electrons. The molecule has 2 atom stereocenters. The van der Waals surface area contributed by atoms with E-state index in [4.69, 9.17) is 4.74 Å². The Bertz CT molecular complexity index is 349. The number of hydrogen-bond donors (Lipinski definition) is 1. The van der Waals surface area contributed by atoms with Gasteiger partial charge in [-0.2, -0.15) is 0 Å². The van der Waals surface area contributed by atoms with Crippen LogP contribution >= 0.6 is 0 Å². The molecule has 0 bridgehead atoms. The lowest BCUT2D eigenvalue weighted by Gasteiger charge is -2.28. The molecule has 0 aromatic carbocycles. The largest absolute Gasteiger partial charge is 0.443 e. The molecule has 2 amide bonds. The Morgan fingerprint density at radius 1 is 1.33 bits per heavy atom. The van der Waals surface area contributed by atoms with E-state index in [2.05, 4.69) is 5.32 Å². The van der Waals surface area contributed by atoms with Crippen molar-refractivity contribution in [2.75, 3.05) is 13.1 Å². The van der Waals surface area contributed by atoms with Crippen LogP contribution in [0.1, 0.15) is 40.0 Å². The van der Waals surface area contributed by atoms with Gasteiger partial charge < -0.3 is 10.1 Å². The summed E-state index contributed by atoms with van der Waals surface area (Å²) in [6, 6.07) is 0.0161. The molecule has 0 aromatic heterocycles. The molecule has 5 nitrogen and oxygen atoms in total. The Balaban J connectivity index is 2.10. The molecule has 18 heavy (non-hydrogen) atoms. The van der Waals surface area contributed by atoms with E-state index in [0.29, 0.717) is 12.3 Å². The van der Waals surface area contributed by atoms with Crippen LogP contribution in [0.5, 0.6) is 0 Å². The van der Waals surface area contributed by atoms with Crippen molar-refractivity contribution in [2.24, 2.45) is 5.92 Å². The second kappa shape index (κ2) is 4.88. The van der Waals surface area contributed by atoms with Crippen LogP contribution in [0.4, 0.5) is 4.79 Å². The number of fused-ring (bicyclic) bond motifs is 1. The number of ether oxygens (including phenoxy) is 1. The first-order chi connectivity index (χ1) is 8.38. The van der Waals surface area contributed by atoms with Crippen LogP contribution in [-0.2, 0) is 9.53 Å². The maximum atomic E-state index is 12.1. The fourth-order valence-corrected chi connectivity index (χ4v) is 2.72. The third-order valence-corrected chi connectivity index (χ3v) is 3.48. The molecule has 0 aliphatic carbocycles. The first-order valence-electron chi connectivity index (χ1n) is 6.64. The molecule has 2 rings (SSSR count). The van der Waals surface area contributed by atoms with E-state index in [-0.39, 0.29) is 11.9 Å². The molecule has 102 valence electrons. The highest BCUT2D eigenvalue weighted by Crippen LogP contribution is 2.32. The van der Waals surface area contributed by atoms with Crippen molar-refractivity contribution < 1.29 is 14.3 Å². The van der Waals surface area contributed by atoms with Gasteiger partial charge in [-0.25, -0.2) is 9.69 Å². The molecule has 0 spiro atoms. The number of rotatable bonds is 0. The highest BCUT2D eigenvalue weighted by molar-refractivity contribution is 5.94. The Labute approximate surface area is 108 Å². The SMILES string of the molecule is CC(C)(C)OC(=O)N1C(=O)C[C@@H]2CCNCC[C@H]21. The first-order valence-corrected chi connectivity index (χ1v) is 6.64. The number of imide groups is 1. The Kier molecular flexibility index (Phi) is 3.61. The van der Waals surface area contributed by atoms with Crippen molar-refractivity contribution >= 4 is 12.0 Å². The van der Waals surface area contributed by atoms with Crippen LogP contribution in [0, 0.1) is 5.92 Å². The zero-order valence-electron chi connectivity index (χ0n) is 11.4. The first kappa shape index (κ1) is 13.3. The molecule has 2 fully saturated rings. The van der Waals surface area contributed by atoms with Gasteiger partial charge in [0.25, 0.3) is 0 Å². The maximum Gasteiger partial charge on any atom is 0.417 e. The molecule has 2 saturated heterocycles. The van der Waals surface area contributed by atoms with Crippen LogP contribution in [-0.4, -0.2) is 41.6 Å². The summed E-state index contributed by atoms with van der Waals surface area (Å²) >= 11 is 0. The number of nitrogens with one attached hydrogen (secondary N) is 1. The second-order valence-electron chi connectivity index (χ2n) is 6.10. The highest BCUT2D eigenvalue weighted by Gasteiger charge is 2.44. The smallest absolute Gasteiger partial charge is 0.417 e. The van der Waals surface area contributed by atoms with Gasteiger partial charge in [0.15, 0.2) is 0 Å². The lowest BCUT2D eigenvalue weighted by Crippen LogP contribution is -2.43. The van der Waals surface area contributed by atoms with Crippen LogP contribution in [0.3, 0.4) is 0 Å². The van der Waals surface area contributed by atoms with E-state index in [0.717, 1.165) is 25.9 Å². The van der Waals surface area contributed by atoms with E-state index < -0.39 is 11.7 Å². The van der Waals surface area contributed by atoms with Gasteiger partial charge in [0.2, 0.25) is 5.91 Å². The summed E-state index contributed by atoms with van der Waals surface area (Å²) in [5.74, 6) is 0.209. The highest BCUT2D eigenvalue weighted by atomic mass is 16.6. The molecule has 1 N–H and O–H groups in total. The summed E-state index contributed by atoms with van der Waals surface area (Å²) in [6.45, 7) is 7.23. The standard InChI is InChI=1S/C13H22N2O3/c1-13(2,3)18-12(17)15-10-5-7-14-6-4-9(10)8-11(15)16/h9-10,14H,4-8H2,1-3H3/t9-,10+/m0/s1. The normalized spacial score (nSPS) is 28.8. The molecule has 0 unspecified atom stereocenters. The van der Waals surface area contributed by atoms with Crippen molar-refractivity contribution in [3.8, 4) is 0 Å². The second-order valence-corrected chi connectivity index (χ2v) is 6.10. The lowest BCUT2D eigenvalue weighted by atomic mass is 9.96. The minimum absolute atomic E-state index is 0.0161. The van der Waals surface area contributed by atoms with E-state index in [1.165, 1.54) is 4.90 Å². The predicted molar refractivity (Wildman–Crippen MR) is 67.1 cm³/mol. The lowest BCUT2D eigenvalue weighted by molar-refractivity contribution is -0.128. The van der Waals surface area contributed by atoms with Gasteiger partial charge >= 0.3 is 6.09 Å². The van der Waals surface area contributed by atoms with E-state index in [1.807, 2.05) is 20.8 Å². The van der Waals surface area contributed by atoms with Crippen molar-refractivity contribution in [3.63, 3.8) is 0 Å². The van der Waals surface area contributed by atoms with Gasteiger partial charge in [0.05, 0.1) is 0 Å². The molecular weight excluding hydrogens is 232 g/mol. The summed E-state index contributed by atoms with van der Waals surface area (Å²) < 4.78 is 5.33. The number of amides is 2. The zero-order valence-corrected chi connectivity index (χ0v) is 11.4. The van der Waals surface area contributed by atoms with Crippen LogP contribution < -0.4 is 5.32 Å². The molecule has 5 heteroatoms. The van der Waals surface area contributed by atoms with Gasteiger partial charge in [-0.1, -0.05) is 0 Å². The number of hydrogen-bond acceptors (Lipinski definition) is 4. The van der Waals surface area contributed by atoms with Crippen molar-refractivity contribution in [2.45, 2.75) is 51.7 Å². The third kappa shape index (κ3) is 2.83. The van der Waals surface area contributed by atoms with Crippen LogP contribution in [0.25, 0.3) is 0 Å². The minimum Gasteiger partial charge on any atom is -0.443 e. The van der Waals surface area contributed by atoms with Crippen molar-refractivity contribution in [3.05, 3.63) is 0 Å². The van der Waals surface area contributed by atoms with Crippen LogP contribution in [0.15, 0.2) is 0 Å². The molecule has 0 saturated carbocycles. The fourth-order valence-electron chi connectivity index (χ4n) is 2.72. The van der Waals surface area contributed by atoms with E-state index in [9.17, 15) is 9.59 Å². The minimum atomic E-state index is -0.557. The molecular formula is C13H22N2O3. The average Bonchev–Trinajstić information content (AvgIpc) is 2.40. The number of nitrogens with zero attached hydrogens (tertiary/aromatic N) is 1. The topological polar surface area (TPSA) is 58.6 Å². The third-order valence-electron chi connectivity index (χ3n) is 3.48. The maximum absolute atomic E-state index is 12.1. The molecule has 2 heterocycles. The Morgan fingerprint density at radius 3 is 2.67 bits per heavy atom. The monoisotopic (exact) mass is 254 g/mol. The number of carbonyl (C=O) groups is 2. The zero-order chi connectivity index (χ0) is 13.3.